The van der Waals surface area contributed by atoms with E-state index in [2.05, 4.69) is 31.1 Å². The van der Waals surface area contributed by atoms with Crippen molar-refractivity contribution < 1.29 is 4.79 Å². The van der Waals surface area contributed by atoms with Crippen molar-refractivity contribution in [2.75, 3.05) is 5.01 Å². The Labute approximate surface area is 114 Å². The average molecular weight is 256 g/mol. The Kier molecular flexibility index (Phi) is 2.73. The van der Waals surface area contributed by atoms with E-state index in [1.165, 1.54) is 24.0 Å². The summed E-state index contributed by atoms with van der Waals surface area (Å²) in [5.41, 5.74) is 4.86. The number of amides is 1. The molecule has 0 bridgehead atoms. The molecule has 0 aromatic heterocycles. The molecule has 0 saturated carbocycles. The summed E-state index contributed by atoms with van der Waals surface area (Å²) in [6, 6.07) is 6.36. The summed E-state index contributed by atoms with van der Waals surface area (Å²) in [6.07, 6.45) is 4.01. The summed E-state index contributed by atoms with van der Waals surface area (Å²) < 4.78 is 0. The molecule has 0 unspecified atom stereocenters. The van der Waals surface area contributed by atoms with Crippen molar-refractivity contribution in [1.29, 1.82) is 0 Å². The third-order valence-corrected chi connectivity index (χ3v) is 4.22. The monoisotopic (exact) mass is 256 g/mol. The van der Waals surface area contributed by atoms with Crippen molar-refractivity contribution in [3.63, 3.8) is 0 Å². The van der Waals surface area contributed by atoms with Crippen LogP contribution in [0.25, 0.3) is 0 Å². The van der Waals surface area contributed by atoms with Gasteiger partial charge in [-0.1, -0.05) is 19.9 Å². The van der Waals surface area contributed by atoms with Gasteiger partial charge in [-0.15, -0.1) is 0 Å². The molecule has 1 aromatic rings. The summed E-state index contributed by atoms with van der Waals surface area (Å²) in [5, 5.41) is 5.88. The predicted octanol–water partition coefficient (Wildman–Crippen LogP) is 3.41. The number of anilines is 1. The quantitative estimate of drug-likeness (QED) is 0.758. The Morgan fingerprint density at radius 3 is 2.79 bits per heavy atom. The van der Waals surface area contributed by atoms with Crippen LogP contribution in [0.5, 0.6) is 0 Å². The minimum absolute atomic E-state index is 0.0764. The Morgan fingerprint density at radius 1 is 1.32 bits per heavy atom. The lowest BCUT2D eigenvalue weighted by Crippen LogP contribution is -2.25. The number of hydrogen-bond donors (Lipinski definition) is 0. The molecule has 100 valence electrons. The zero-order valence-corrected chi connectivity index (χ0v) is 11.9. The first-order valence-corrected chi connectivity index (χ1v) is 6.98. The van der Waals surface area contributed by atoms with Gasteiger partial charge in [0.1, 0.15) is 0 Å². The van der Waals surface area contributed by atoms with E-state index in [1.807, 2.05) is 13.0 Å². The highest BCUT2D eigenvalue weighted by molar-refractivity contribution is 6.12. The fourth-order valence-electron chi connectivity index (χ4n) is 3.19. The predicted molar refractivity (Wildman–Crippen MR) is 77.6 cm³/mol. The van der Waals surface area contributed by atoms with Crippen LogP contribution in [-0.2, 0) is 16.6 Å². The molecule has 0 saturated heterocycles. The highest BCUT2D eigenvalue weighted by atomic mass is 16.2. The Balaban J connectivity index is 2.01. The smallest absolute Gasteiger partial charge is 0.253 e. The normalized spacial score (nSPS) is 21.3. The number of hydrogen-bond acceptors (Lipinski definition) is 2. The molecule has 1 heterocycles. The van der Waals surface area contributed by atoms with Crippen LogP contribution in [0.1, 0.15) is 51.2 Å². The van der Waals surface area contributed by atoms with E-state index < -0.39 is 0 Å². The molecule has 0 atom stereocenters. The lowest BCUT2D eigenvalue weighted by molar-refractivity contribution is -0.116. The maximum absolute atomic E-state index is 11.9. The Morgan fingerprint density at radius 2 is 2.11 bits per heavy atom. The van der Waals surface area contributed by atoms with E-state index in [4.69, 9.17) is 0 Å². The van der Waals surface area contributed by atoms with Crippen LogP contribution in [0.15, 0.2) is 23.3 Å². The molecule has 2 aliphatic rings. The highest BCUT2D eigenvalue weighted by Crippen LogP contribution is 2.38. The fraction of sp³-hybridized carbons (Fsp3) is 0.500. The maximum atomic E-state index is 11.9. The molecule has 0 fully saturated rings. The van der Waals surface area contributed by atoms with Gasteiger partial charge in [-0.25, -0.2) is 5.01 Å². The van der Waals surface area contributed by atoms with Gasteiger partial charge in [0.15, 0.2) is 0 Å². The molecule has 3 rings (SSSR count). The van der Waals surface area contributed by atoms with Crippen molar-refractivity contribution >= 4 is 17.3 Å². The number of carbonyl (C=O) groups excluding carboxylic acids is 1. The molecule has 19 heavy (non-hydrogen) atoms. The summed E-state index contributed by atoms with van der Waals surface area (Å²) in [5.74, 6) is 0.0764. The molecule has 0 spiro atoms. The van der Waals surface area contributed by atoms with Crippen LogP contribution in [0.2, 0.25) is 0 Å². The topological polar surface area (TPSA) is 32.7 Å². The molecule has 3 heteroatoms. The number of carbonyl (C=O) groups is 1. The second-order valence-corrected chi connectivity index (χ2v) is 6.30. The highest BCUT2D eigenvalue weighted by Gasteiger charge is 2.29. The van der Waals surface area contributed by atoms with Crippen LogP contribution >= 0.6 is 0 Å². The van der Waals surface area contributed by atoms with Gasteiger partial charge in [0, 0.05) is 5.71 Å². The van der Waals surface area contributed by atoms with Crippen LogP contribution in [0, 0.1) is 0 Å². The van der Waals surface area contributed by atoms with Gasteiger partial charge in [0.25, 0.3) is 5.91 Å². The van der Waals surface area contributed by atoms with E-state index in [9.17, 15) is 4.79 Å². The largest absolute Gasteiger partial charge is 0.272 e. The van der Waals surface area contributed by atoms with Crippen molar-refractivity contribution in [3.8, 4) is 0 Å². The first-order chi connectivity index (χ1) is 8.97. The minimum Gasteiger partial charge on any atom is -0.272 e. The van der Waals surface area contributed by atoms with E-state index in [1.54, 1.807) is 5.01 Å². The number of fused-ring (bicyclic) bond motifs is 1. The van der Waals surface area contributed by atoms with E-state index in [0.717, 1.165) is 17.8 Å². The van der Waals surface area contributed by atoms with E-state index in [-0.39, 0.29) is 11.3 Å². The molecular weight excluding hydrogens is 236 g/mol. The molecule has 0 radical (unpaired) electrons. The van der Waals surface area contributed by atoms with Gasteiger partial charge in [-0.2, -0.15) is 5.10 Å². The van der Waals surface area contributed by atoms with E-state index in [0.29, 0.717) is 6.42 Å². The minimum atomic E-state index is 0.0764. The molecule has 0 N–H and O–H groups in total. The average Bonchev–Trinajstić information content (AvgIpc) is 2.67. The summed E-state index contributed by atoms with van der Waals surface area (Å²) in [6.45, 7) is 6.50. The third kappa shape index (κ3) is 2.07. The Hall–Kier alpha value is -1.64. The van der Waals surface area contributed by atoms with Crippen molar-refractivity contribution in [3.05, 3.63) is 29.3 Å². The lowest BCUT2D eigenvalue weighted by Gasteiger charge is -2.33. The number of rotatable bonds is 1. The first kappa shape index (κ1) is 12.4. The second kappa shape index (κ2) is 4.19. The van der Waals surface area contributed by atoms with Crippen LogP contribution < -0.4 is 5.01 Å². The van der Waals surface area contributed by atoms with Gasteiger partial charge in [0.05, 0.1) is 12.1 Å². The first-order valence-electron chi connectivity index (χ1n) is 6.98. The fourth-order valence-corrected chi connectivity index (χ4v) is 3.19. The molecule has 3 nitrogen and oxygen atoms in total. The van der Waals surface area contributed by atoms with Crippen LogP contribution in [0.3, 0.4) is 0 Å². The van der Waals surface area contributed by atoms with E-state index >= 15 is 0 Å². The standard InChI is InChI=1S/C16H20N2O/c1-11-9-15(19)18(17-11)13-6-7-14-12(10-13)5-4-8-16(14,2)3/h6-7,10H,4-5,8-9H2,1-3H3. The van der Waals surface area contributed by atoms with Gasteiger partial charge in [-0.05, 0) is 54.9 Å². The van der Waals surface area contributed by atoms with Crippen molar-refractivity contribution in [2.45, 2.75) is 51.9 Å². The summed E-state index contributed by atoms with van der Waals surface area (Å²) in [4.78, 5) is 11.9. The number of hydrazone groups is 1. The molecule has 1 amide bonds. The van der Waals surface area contributed by atoms with Gasteiger partial charge in [0.2, 0.25) is 0 Å². The zero-order chi connectivity index (χ0) is 13.6. The van der Waals surface area contributed by atoms with Gasteiger partial charge < -0.3 is 0 Å². The van der Waals surface area contributed by atoms with Gasteiger partial charge in [-0.3, -0.25) is 4.79 Å². The molecule has 1 aliphatic carbocycles. The Bertz CT molecular complexity index is 572. The SMILES string of the molecule is CC1=NN(c2ccc3c(c2)CCCC3(C)C)C(=O)C1. The lowest BCUT2D eigenvalue weighted by atomic mass is 9.73. The van der Waals surface area contributed by atoms with Crippen LogP contribution in [0.4, 0.5) is 5.69 Å². The number of aryl methyl sites for hydroxylation is 1. The van der Waals surface area contributed by atoms with Crippen molar-refractivity contribution in [2.24, 2.45) is 5.10 Å². The molecule has 1 aromatic carbocycles. The summed E-state index contributed by atoms with van der Waals surface area (Å²) in [7, 11) is 0. The van der Waals surface area contributed by atoms with Crippen molar-refractivity contribution in [1.82, 2.24) is 0 Å². The summed E-state index contributed by atoms with van der Waals surface area (Å²) >= 11 is 0. The van der Waals surface area contributed by atoms with Crippen LogP contribution in [-0.4, -0.2) is 11.6 Å². The zero-order valence-electron chi connectivity index (χ0n) is 11.9. The maximum Gasteiger partial charge on any atom is 0.253 e. The van der Waals surface area contributed by atoms with Gasteiger partial charge >= 0.3 is 0 Å². The third-order valence-electron chi connectivity index (χ3n) is 4.22. The second-order valence-electron chi connectivity index (χ2n) is 6.30. The molecule has 1 aliphatic heterocycles. The number of nitrogens with zero attached hydrogens (tertiary/aromatic N) is 2. The molecular formula is C16H20N2O. The number of benzene rings is 1.